The molecule has 0 spiro atoms. The van der Waals surface area contributed by atoms with Crippen LogP contribution in [-0.4, -0.2) is 39.0 Å². The average molecular weight is 367 g/mol. The van der Waals surface area contributed by atoms with Crippen molar-refractivity contribution >= 4 is 29.2 Å². The van der Waals surface area contributed by atoms with Gasteiger partial charge >= 0.3 is 0 Å². The van der Waals surface area contributed by atoms with Crippen molar-refractivity contribution in [2.75, 3.05) is 23.5 Å². The first-order chi connectivity index (χ1) is 12.7. The number of aliphatic hydroxyl groups is 1. The molecule has 0 aliphatic carbocycles. The van der Waals surface area contributed by atoms with Crippen molar-refractivity contribution in [2.45, 2.75) is 17.9 Å². The van der Waals surface area contributed by atoms with Crippen molar-refractivity contribution in [3.8, 4) is 11.4 Å². The summed E-state index contributed by atoms with van der Waals surface area (Å²) < 4.78 is 0. The van der Waals surface area contributed by atoms with E-state index in [0.29, 0.717) is 17.5 Å². The van der Waals surface area contributed by atoms with Gasteiger partial charge in [0.25, 0.3) is 0 Å². The van der Waals surface area contributed by atoms with Gasteiger partial charge in [-0.3, -0.25) is 4.98 Å². The Morgan fingerprint density at radius 1 is 1.08 bits per heavy atom. The first-order valence-electron chi connectivity index (χ1n) is 8.27. The third kappa shape index (κ3) is 4.50. The van der Waals surface area contributed by atoms with Gasteiger partial charge in [0.05, 0.1) is 23.7 Å². The number of aromatic nitrogens is 3. The van der Waals surface area contributed by atoms with Crippen molar-refractivity contribution in [1.29, 1.82) is 0 Å². The molecule has 0 radical (unpaired) electrons. The van der Waals surface area contributed by atoms with E-state index in [9.17, 15) is 5.11 Å². The Morgan fingerprint density at radius 2 is 1.88 bits per heavy atom. The van der Waals surface area contributed by atoms with E-state index in [1.807, 2.05) is 55.6 Å². The van der Waals surface area contributed by atoms with Gasteiger partial charge in [-0.15, -0.1) is 11.8 Å². The van der Waals surface area contributed by atoms with Crippen molar-refractivity contribution in [1.82, 2.24) is 15.0 Å². The molecule has 3 rings (SSSR count). The molecule has 0 saturated heterocycles. The predicted octanol–water partition coefficient (Wildman–Crippen LogP) is 3.80. The molecule has 6 nitrogen and oxygen atoms in total. The highest BCUT2D eigenvalue weighted by Crippen LogP contribution is 2.28. The minimum absolute atomic E-state index is 0.00472. The number of anilines is 3. The fraction of sp³-hybridized carbons (Fsp3) is 0.211. The number of rotatable bonds is 7. The summed E-state index contributed by atoms with van der Waals surface area (Å²) in [5.74, 6) is 1.11. The van der Waals surface area contributed by atoms with Crippen LogP contribution in [0.3, 0.4) is 0 Å². The second-order valence-corrected chi connectivity index (χ2v) is 6.58. The average Bonchev–Trinajstić information content (AvgIpc) is 2.69. The van der Waals surface area contributed by atoms with Crippen LogP contribution in [-0.2, 0) is 0 Å². The fourth-order valence-corrected chi connectivity index (χ4v) is 2.93. The monoisotopic (exact) mass is 367 g/mol. The minimum atomic E-state index is -0.152. The zero-order valence-electron chi connectivity index (χ0n) is 14.7. The largest absolute Gasteiger partial charge is 0.394 e. The Kier molecular flexibility index (Phi) is 6.04. The number of nitrogens with zero attached hydrogens (tertiary/aromatic N) is 3. The number of benzene rings is 1. The summed E-state index contributed by atoms with van der Waals surface area (Å²) in [6, 6.07) is 15.5. The molecule has 134 valence electrons. The van der Waals surface area contributed by atoms with E-state index in [4.69, 9.17) is 0 Å². The zero-order chi connectivity index (χ0) is 18.4. The maximum Gasteiger partial charge on any atom is 0.225 e. The molecule has 0 aliphatic heterocycles. The maximum atomic E-state index is 9.31. The molecule has 0 bridgehead atoms. The van der Waals surface area contributed by atoms with E-state index in [0.717, 1.165) is 16.3 Å². The van der Waals surface area contributed by atoms with Crippen molar-refractivity contribution in [2.24, 2.45) is 0 Å². The van der Waals surface area contributed by atoms with Crippen molar-refractivity contribution in [3.05, 3.63) is 54.7 Å². The molecule has 0 unspecified atom stereocenters. The number of hydrogen-bond acceptors (Lipinski definition) is 7. The van der Waals surface area contributed by atoms with E-state index in [2.05, 4.69) is 31.7 Å². The molecule has 2 heterocycles. The number of aliphatic hydroxyl groups excluding tert-OH is 1. The van der Waals surface area contributed by atoms with Crippen LogP contribution in [0.2, 0.25) is 0 Å². The van der Waals surface area contributed by atoms with E-state index < -0.39 is 0 Å². The lowest BCUT2D eigenvalue weighted by atomic mass is 10.2. The number of pyridine rings is 1. The molecule has 0 amide bonds. The lowest BCUT2D eigenvalue weighted by molar-refractivity contribution is 0.281. The van der Waals surface area contributed by atoms with Crippen molar-refractivity contribution in [3.63, 3.8) is 0 Å². The van der Waals surface area contributed by atoms with Crippen LogP contribution in [0, 0.1) is 0 Å². The summed E-state index contributed by atoms with van der Waals surface area (Å²) in [5.41, 5.74) is 2.44. The summed E-state index contributed by atoms with van der Waals surface area (Å²) in [7, 11) is 0. The quantitative estimate of drug-likeness (QED) is 0.548. The van der Waals surface area contributed by atoms with Crippen LogP contribution >= 0.6 is 11.8 Å². The fourth-order valence-electron chi connectivity index (χ4n) is 2.37. The highest BCUT2D eigenvalue weighted by molar-refractivity contribution is 7.98. The molecule has 3 N–H and O–H groups in total. The highest BCUT2D eigenvalue weighted by atomic mass is 32.2. The van der Waals surface area contributed by atoms with Gasteiger partial charge in [-0.25, -0.2) is 4.98 Å². The predicted molar refractivity (Wildman–Crippen MR) is 107 cm³/mol. The van der Waals surface area contributed by atoms with E-state index in [-0.39, 0.29) is 12.6 Å². The molecule has 0 saturated carbocycles. The van der Waals surface area contributed by atoms with Gasteiger partial charge in [-0.05, 0) is 37.4 Å². The zero-order valence-corrected chi connectivity index (χ0v) is 15.5. The molecule has 26 heavy (non-hydrogen) atoms. The summed E-state index contributed by atoms with van der Waals surface area (Å²) in [5, 5.41) is 15.8. The molecule has 3 aromatic rings. The van der Waals surface area contributed by atoms with Gasteiger partial charge in [-0.1, -0.05) is 18.2 Å². The van der Waals surface area contributed by atoms with Gasteiger partial charge < -0.3 is 15.7 Å². The topological polar surface area (TPSA) is 83.0 Å². The maximum absolute atomic E-state index is 9.31. The second-order valence-electron chi connectivity index (χ2n) is 5.73. The molecule has 0 aliphatic rings. The van der Waals surface area contributed by atoms with Crippen LogP contribution in [0.1, 0.15) is 6.92 Å². The molecule has 1 aromatic carbocycles. The van der Waals surface area contributed by atoms with Crippen LogP contribution < -0.4 is 10.6 Å². The van der Waals surface area contributed by atoms with Crippen LogP contribution in [0.5, 0.6) is 0 Å². The van der Waals surface area contributed by atoms with Crippen molar-refractivity contribution < 1.29 is 5.11 Å². The number of para-hydroxylation sites is 1. The normalized spacial score (nSPS) is 11.8. The van der Waals surface area contributed by atoms with Gasteiger partial charge in [-0.2, -0.15) is 4.98 Å². The highest BCUT2D eigenvalue weighted by Gasteiger charge is 2.11. The van der Waals surface area contributed by atoms with Crippen LogP contribution in [0.4, 0.5) is 17.5 Å². The first-order valence-corrected chi connectivity index (χ1v) is 9.50. The third-order valence-corrected chi connectivity index (χ3v) is 4.47. The lowest BCUT2D eigenvalue weighted by Gasteiger charge is -2.15. The Morgan fingerprint density at radius 3 is 2.62 bits per heavy atom. The Labute approximate surface area is 157 Å². The molecule has 1 atom stereocenters. The standard InChI is InChI=1S/C19H21N5OS/c1-13(12-25)21-19-23-16(14-7-5-6-10-20-14)11-18(24-19)22-15-8-3-4-9-17(15)26-2/h3-11,13,25H,12H2,1-2H3,(H2,21,22,23,24)/t13-/m0/s1. The van der Waals surface area contributed by atoms with E-state index in [1.165, 1.54) is 0 Å². The Balaban J connectivity index is 1.99. The number of thioether (sulfide) groups is 1. The molecule has 7 heteroatoms. The van der Waals surface area contributed by atoms with Crippen LogP contribution in [0.25, 0.3) is 11.4 Å². The van der Waals surface area contributed by atoms with Gasteiger partial charge in [0, 0.05) is 23.2 Å². The summed E-state index contributed by atoms with van der Waals surface area (Å²) in [6.07, 6.45) is 3.77. The SMILES string of the molecule is CSc1ccccc1Nc1cc(-c2ccccn2)nc(N[C@@H](C)CO)n1. The molecular formula is C19H21N5OS. The summed E-state index contributed by atoms with van der Waals surface area (Å²) in [6.45, 7) is 1.86. The van der Waals surface area contributed by atoms with Crippen LogP contribution in [0.15, 0.2) is 59.6 Å². The summed E-state index contributed by atoms with van der Waals surface area (Å²) >= 11 is 1.67. The number of hydrogen-bond donors (Lipinski definition) is 3. The van der Waals surface area contributed by atoms with Gasteiger partial charge in [0.1, 0.15) is 5.82 Å². The first kappa shape index (κ1) is 18.2. The second kappa shape index (κ2) is 8.64. The smallest absolute Gasteiger partial charge is 0.225 e. The number of nitrogens with one attached hydrogen (secondary N) is 2. The molecule has 2 aromatic heterocycles. The Bertz CT molecular complexity index is 860. The summed E-state index contributed by atoms with van der Waals surface area (Å²) in [4.78, 5) is 14.6. The minimum Gasteiger partial charge on any atom is -0.394 e. The molecule has 0 fully saturated rings. The van der Waals surface area contributed by atoms with E-state index in [1.54, 1.807) is 18.0 Å². The lowest BCUT2D eigenvalue weighted by Crippen LogP contribution is -2.21. The van der Waals surface area contributed by atoms with Gasteiger partial charge in [0.2, 0.25) is 5.95 Å². The third-order valence-electron chi connectivity index (χ3n) is 3.67. The molecular weight excluding hydrogens is 346 g/mol. The van der Waals surface area contributed by atoms with E-state index >= 15 is 0 Å². The van der Waals surface area contributed by atoms with Gasteiger partial charge in [0.15, 0.2) is 0 Å². The Hall–Kier alpha value is -2.64.